The summed E-state index contributed by atoms with van der Waals surface area (Å²) in [6, 6.07) is 4.56. The van der Waals surface area contributed by atoms with Crippen LogP contribution in [-0.4, -0.2) is 281 Å². The number of nitrogens with one attached hydrogen (secondary N) is 3. The first kappa shape index (κ1) is 96.4. The number of H-pyrrole nitrogens is 3. The molecule has 54 nitrogen and oxygen atoms in total. The van der Waals surface area contributed by atoms with Crippen molar-refractivity contribution in [2.24, 2.45) is 0 Å². The van der Waals surface area contributed by atoms with Crippen LogP contribution in [0.4, 0.5) is 61.2 Å². The van der Waals surface area contributed by atoms with Crippen LogP contribution in [-0.2, 0) is 142 Å². The van der Waals surface area contributed by atoms with Gasteiger partial charge in [-0.05, 0) is 77.2 Å². The Labute approximate surface area is 780 Å². The lowest BCUT2D eigenvalue weighted by Gasteiger charge is -2.27. The minimum atomic E-state index is -4.48. The van der Waals surface area contributed by atoms with Gasteiger partial charge in [0.15, 0.2) is 112 Å². The molecule has 9 fully saturated rings. The summed E-state index contributed by atoms with van der Waals surface area (Å²) in [5.74, 6) is -0.762. The molecule has 0 aromatic carbocycles. The molecule has 12 aromatic heterocycles. The maximum absolute atomic E-state index is 16.0. The molecule has 9 aliphatic heterocycles. The number of alkyl halides is 6. The Balaban J connectivity index is 0.000000130. The third-order valence-electron chi connectivity index (χ3n) is 21.9. The van der Waals surface area contributed by atoms with Crippen molar-refractivity contribution >= 4 is 225 Å². The van der Waals surface area contributed by atoms with E-state index in [9.17, 15) is 43.4 Å². The molecule has 21 heterocycles. The van der Waals surface area contributed by atoms with Crippen LogP contribution in [0, 0.1) is 0 Å². The summed E-state index contributed by atoms with van der Waals surface area (Å²) >= 11 is 30.7. The average Bonchev–Trinajstić information content (AvgIpc) is 1.63. The number of hydrogen-bond acceptors (Lipinski definition) is 46. The van der Waals surface area contributed by atoms with Gasteiger partial charge < -0.3 is 105 Å². The smallest absolute Gasteiger partial charge is 0.386 e. The van der Waals surface area contributed by atoms with Crippen molar-refractivity contribution in [1.29, 1.82) is 0 Å². The minimum Gasteiger partial charge on any atom is -0.397 e. The van der Waals surface area contributed by atoms with E-state index in [2.05, 4.69) is 92.3 Å². The number of aromatic nitrogens is 22. The fourth-order valence-electron chi connectivity index (χ4n) is 15.8. The SMILES string of the molecule is Nc1nc2c(ncn2[C@@H]2O[C@@H]3COP(O)(=S)O[C@H]4[C@H](F)[C@H](n5cnc6c(N)ccnc65)O[C@@H]4COP(=O)(S)O[C@@H]2[C@@H]3F)c(=O)[nH]1.Nc1nc2c(ncn2[C@@H]2S[C@@H]3COP(O)(=S)O[C@H]4[C@H](F)[C@H](n5cnc6c(N)ccnc65)O[C@@H]4COP(O)(=S)O[C@@H]2[C@@H]3F)c(=O)[nH]1.Nc1nc2c(nnn2[C@@H]2O[C@@H]3COP(O)(=S)O[C@H]4[C@H](F)[C@H](n5cnc6c(N)ccnc65)O[C@@H]4COP(O)(=S)O[C@@H]2[C@@H]3F)c(=O)[nH]1. The highest BCUT2D eigenvalue weighted by molar-refractivity contribution is 8.44. The second-order valence-corrected chi connectivity index (χ2v) is 48.6. The Bertz CT molecular complexity index is 6510. The van der Waals surface area contributed by atoms with Gasteiger partial charge in [0.2, 0.25) is 17.8 Å². The largest absolute Gasteiger partial charge is 0.397 e. The number of nitrogen functional groups attached to an aromatic ring is 6. The zero-order valence-electron chi connectivity index (χ0n) is 67.1. The number of aromatic amines is 3. The lowest BCUT2D eigenvalue weighted by atomic mass is 10.1. The van der Waals surface area contributed by atoms with Crippen LogP contribution in [0.1, 0.15) is 36.5 Å². The van der Waals surface area contributed by atoms with Crippen LogP contribution in [0.15, 0.2) is 82.8 Å². The number of fused-ring (bicyclic) bond motifs is 15. The van der Waals surface area contributed by atoms with E-state index >= 15 is 26.3 Å². The zero-order valence-corrected chi connectivity index (χ0v) is 78.2. The highest BCUT2D eigenvalue weighted by Gasteiger charge is 2.59. The van der Waals surface area contributed by atoms with E-state index in [1.807, 2.05) is 0 Å². The van der Waals surface area contributed by atoms with E-state index in [0.29, 0.717) is 11.2 Å². The second kappa shape index (κ2) is 36.9. The molecule has 135 heavy (non-hydrogen) atoms. The Morgan fingerprint density at radius 3 is 1.13 bits per heavy atom. The van der Waals surface area contributed by atoms with Gasteiger partial charge in [-0.3, -0.25) is 83.8 Å². The Morgan fingerprint density at radius 1 is 0.378 bits per heavy atom. The number of nitrogens with zero attached hydrogens (tertiary/aromatic N) is 19. The molecule has 12 aromatic rings. The summed E-state index contributed by atoms with van der Waals surface area (Å²) in [7, 11) is 0. The summed E-state index contributed by atoms with van der Waals surface area (Å²) < 4.78 is 212. The summed E-state index contributed by atoms with van der Waals surface area (Å²) in [6.07, 6.45) is -25.8. The fraction of sp³-hybridized carbons (Fsp3) is 0.484. The van der Waals surface area contributed by atoms with Gasteiger partial charge in [0.05, 0.1) is 93.6 Å². The van der Waals surface area contributed by atoms with Gasteiger partial charge in [-0.15, -0.1) is 16.9 Å². The quantitative estimate of drug-likeness (QED) is 0.0645. The molecular weight excluding hydrogens is 2080 g/mol. The number of hydrogen-bond donors (Lipinski definition) is 15. The number of thioether (sulfide) groups is 1. The zero-order chi connectivity index (χ0) is 95.5. The maximum atomic E-state index is 16.0. The second-order valence-electron chi connectivity index (χ2n) is 30.4. The number of halogens is 6. The van der Waals surface area contributed by atoms with Crippen molar-refractivity contribution in [3.63, 3.8) is 0 Å². The van der Waals surface area contributed by atoms with Gasteiger partial charge in [0.25, 0.3) is 16.7 Å². The Hall–Kier alpha value is -7.48. The molecule has 0 amide bonds. The number of pyridine rings is 3. The van der Waals surface area contributed by atoms with Crippen molar-refractivity contribution in [3.05, 3.63) is 99.5 Å². The van der Waals surface area contributed by atoms with Crippen molar-refractivity contribution in [2.45, 2.75) is 146 Å². The average molecular weight is 2150 g/mol. The molecule has 30 atom stereocenters. The molecule has 20 N–H and O–H groups in total. The molecule has 6 bridgehead atoms. The number of thiol groups is 1. The number of ether oxygens (including phenoxy) is 5. The number of imidazole rings is 5. The van der Waals surface area contributed by atoms with Crippen LogP contribution < -0.4 is 51.1 Å². The van der Waals surface area contributed by atoms with E-state index in [1.165, 1.54) is 80.4 Å². The molecular formula is C62H68F6N28O26P6S7. The van der Waals surface area contributed by atoms with Crippen LogP contribution >= 0.6 is 64.4 Å². The number of anilines is 6. The standard InChI is InChI=1S/C21H23F2N9O9P2S2.C21H23F2N9O8P2S3.C20H22F2N10O9P2S2/c22-10-8-3-36-42(34,44)40-14-9(39-19(11(14)23)31-5-27-12-7(24)1-2-26-16(12)31)4-37-43(35,45)41-15(10)20(38-8)32-6-28-13-17(32)29-21(25)30-18(13)33;22-10-9-4-37-42(35,44)39-14-8(38-19(11(14)23)31-5-27-12-7(24)1-2-26-16(12)31)3-36-41(34,43)40-15(10)20(45-9)32-6-28-13-17(32)29-21(25)30-18(13)33;21-9-7-3-36-42(34,44)40-13-8(39-18(10(13)22)31-5-26-11-6(23)1-2-25-15(11)31)4-37-43(35,45)41-14(9)19(38-7)32-16-12(29-30-32)17(33)28-20(24)27-16/h1-2,5-6,8-11,14-15,19-20H,3-4H2,(H2,24,26)(H,34,44)(H,35,45)(H3,25,29,30,33);1-2,5-6,8-11,14-15,19-20H,3-4H2,(H2,24,26)(H,34,43)(H,35,44)(H3,25,29,30,33);1-2,5,7-10,13-14,18-19H,3-4H2,(H2,23,25)(H,34,44)(H,35,45)(H3,24,27,28,33)/t8-,9-,10-,11+,14-,15-,19-,20-,42?,43?;8-,9-,10-,11+,14-,15-,19-,20-,41?,42?;7-,8-,9-,10+,13-,14-,18-,19-,42?,43?/m111/s1. The molecule has 21 rings (SSSR count). The Morgan fingerprint density at radius 2 is 0.704 bits per heavy atom. The van der Waals surface area contributed by atoms with Crippen molar-refractivity contribution < 1.29 is 133 Å². The number of nitrogens with two attached hydrogens (primary N) is 6. The van der Waals surface area contributed by atoms with Gasteiger partial charge in [0.1, 0.15) is 95.2 Å². The predicted octanol–water partition coefficient (Wildman–Crippen LogP) is 2.28. The summed E-state index contributed by atoms with van der Waals surface area (Å²) in [4.78, 5) is 144. The Kier molecular flexibility index (Phi) is 26.3. The normalized spacial score (nSPS) is 37.7. The van der Waals surface area contributed by atoms with Gasteiger partial charge in [-0.25, -0.2) is 70.8 Å². The monoisotopic (exact) mass is 2140 g/mol. The van der Waals surface area contributed by atoms with Gasteiger partial charge in [0, 0.05) is 18.6 Å². The highest BCUT2D eigenvalue weighted by atomic mass is 32.7. The first-order chi connectivity index (χ1) is 63.9. The molecule has 0 saturated carbocycles. The van der Waals surface area contributed by atoms with Crippen molar-refractivity contribution in [3.8, 4) is 0 Å². The molecule has 6 unspecified atom stereocenters. The highest BCUT2D eigenvalue weighted by Crippen LogP contribution is 2.62. The predicted molar refractivity (Wildman–Crippen MR) is 475 cm³/mol. The topological polar surface area (TPSA) is 727 Å². The van der Waals surface area contributed by atoms with E-state index in [1.54, 1.807) is 0 Å². The van der Waals surface area contributed by atoms with Crippen LogP contribution in [0.2, 0.25) is 0 Å². The lowest BCUT2D eigenvalue weighted by molar-refractivity contribution is -0.0639. The molecule has 9 aliphatic rings. The molecule has 0 spiro atoms. The minimum absolute atomic E-state index is 0.0190. The molecule has 9 saturated heterocycles. The third-order valence-corrected chi connectivity index (χ3v) is 32.8. The molecule has 726 valence electrons. The van der Waals surface area contributed by atoms with Crippen LogP contribution in [0.3, 0.4) is 0 Å². The van der Waals surface area contributed by atoms with Crippen molar-refractivity contribution in [2.75, 3.05) is 74.0 Å². The molecule has 0 aliphatic carbocycles. The molecule has 73 heteroatoms. The first-order valence-electron chi connectivity index (χ1n) is 38.9. The lowest BCUT2D eigenvalue weighted by Crippen LogP contribution is -2.34. The first-order valence-corrected chi connectivity index (χ1v) is 55.5. The number of rotatable bonds is 6. The van der Waals surface area contributed by atoms with Gasteiger partial charge >= 0.3 is 40.4 Å². The maximum Gasteiger partial charge on any atom is 0.386 e. The van der Waals surface area contributed by atoms with E-state index in [-0.39, 0.29) is 90.7 Å². The van der Waals surface area contributed by atoms with Crippen LogP contribution in [0.5, 0.6) is 0 Å². The summed E-state index contributed by atoms with van der Waals surface area (Å²) in [5.41, 5.74) is 34.5. The van der Waals surface area contributed by atoms with Crippen molar-refractivity contribution in [1.82, 2.24) is 108 Å². The van der Waals surface area contributed by atoms with Gasteiger partial charge in [-0.2, -0.15) is 19.6 Å². The summed E-state index contributed by atoms with van der Waals surface area (Å²) in [6.45, 7) is -29.9. The van der Waals surface area contributed by atoms with E-state index in [4.69, 9.17) is 171 Å². The van der Waals surface area contributed by atoms with Crippen LogP contribution in [0.25, 0.3) is 67.0 Å². The van der Waals surface area contributed by atoms with E-state index in [0.717, 1.165) is 27.3 Å². The molecule has 0 radical (unpaired) electrons. The van der Waals surface area contributed by atoms with Gasteiger partial charge in [-0.1, -0.05) is 17.5 Å². The third kappa shape index (κ3) is 18.9. The van der Waals surface area contributed by atoms with E-state index < -0.39 is 243 Å². The summed E-state index contributed by atoms with van der Waals surface area (Å²) in [5, 5.41) is 5.46. The fourth-order valence-corrected chi connectivity index (χ4v) is 26.1.